The molecule has 0 N–H and O–H groups in total. The second kappa shape index (κ2) is 5.21. The maximum atomic E-state index is 10.6. The van der Waals surface area contributed by atoms with Crippen molar-refractivity contribution in [3.8, 4) is 0 Å². The largest absolute Gasteiger partial charge is 0.550 e. The van der Waals surface area contributed by atoms with Crippen molar-refractivity contribution in [3.05, 3.63) is 29.8 Å². The lowest BCUT2D eigenvalue weighted by Gasteiger charge is -2.13. The average molecular weight is 223 g/mol. The van der Waals surface area contributed by atoms with Crippen LogP contribution in [-0.2, 0) is 4.79 Å². The second-order valence-corrected chi connectivity index (χ2v) is 5.43. The molecule has 0 aliphatic heterocycles. The highest BCUT2D eigenvalue weighted by atomic mass is 32.2. The zero-order valence-corrected chi connectivity index (χ0v) is 10.0. The number of carboxylic acid groups (broad SMARTS) is 1. The second-order valence-electron chi connectivity index (χ2n) is 3.78. The summed E-state index contributed by atoms with van der Waals surface area (Å²) in [7, 11) is 0. The molecule has 1 rings (SSSR count). The van der Waals surface area contributed by atoms with E-state index in [1.807, 2.05) is 24.3 Å². The van der Waals surface area contributed by atoms with E-state index in [0.717, 1.165) is 5.56 Å². The summed E-state index contributed by atoms with van der Waals surface area (Å²) < 4.78 is 0. The molecule has 2 nitrogen and oxygen atoms in total. The van der Waals surface area contributed by atoms with Crippen molar-refractivity contribution in [1.82, 2.24) is 0 Å². The summed E-state index contributed by atoms with van der Waals surface area (Å²) >= 11 is 1.76. The maximum absolute atomic E-state index is 10.6. The third-order valence-electron chi connectivity index (χ3n) is 2.11. The molecule has 0 aliphatic rings. The van der Waals surface area contributed by atoms with Gasteiger partial charge in [-0.1, -0.05) is 32.9 Å². The van der Waals surface area contributed by atoms with Crippen LogP contribution in [0.5, 0.6) is 0 Å². The van der Waals surface area contributed by atoms with Gasteiger partial charge in [0, 0.05) is 22.0 Å². The molecule has 15 heavy (non-hydrogen) atoms. The van der Waals surface area contributed by atoms with E-state index in [1.54, 1.807) is 18.7 Å². The van der Waals surface area contributed by atoms with Crippen LogP contribution in [0, 0.1) is 0 Å². The molecule has 82 valence electrons. The molecule has 0 aliphatic carbocycles. The van der Waals surface area contributed by atoms with Crippen molar-refractivity contribution in [1.29, 1.82) is 0 Å². The molecule has 0 heterocycles. The molecule has 0 bridgehead atoms. The fourth-order valence-corrected chi connectivity index (χ4v) is 2.08. The summed E-state index contributed by atoms with van der Waals surface area (Å²) in [6, 6.07) is 7.62. The van der Waals surface area contributed by atoms with Crippen LogP contribution in [0.1, 0.15) is 32.3 Å². The number of benzene rings is 1. The molecule has 3 heteroatoms. The number of carboxylic acids is 1. The number of hydrogen-bond acceptors (Lipinski definition) is 3. The first-order chi connectivity index (χ1) is 7.00. The minimum atomic E-state index is -1.03. The maximum Gasteiger partial charge on any atom is 0.0486 e. The number of rotatable bonds is 4. The smallest absolute Gasteiger partial charge is 0.0486 e. The van der Waals surface area contributed by atoms with Crippen molar-refractivity contribution in [2.75, 3.05) is 0 Å². The topological polar surface area (TPSA) is 40.1 Å². The monoisotopic (exact) mass is 223 g/mol. The molecule has 0 unspecified atom stereocenters. The highest BCUT2D eigenvalue weighted by Gasteiger charge is 2.06. The SMILES string of the molecule is CC(C)Sc1ccc([C@@H](C)C(=O)[O-])cc1. The highest BCUT2D eigenvalue weighted by Crippen LogP contribution is 2.24. The third kappa shape index (κ3) is 3.59. The van der Waals surface area contributed by atoms with Gasteiger partial charge >= 0.3 is 0 Å². The van der Waals surface area contributed by atoms with Crippen molar-refractivity contribution >= 4 is 17.7 Å². The standard InChI is InChI=1S/C12H16O2S/c1-8(2)15-11-6-4-10(5-7-11)9(3)12(13)14/h4-9H,1-3H3,(H,13,14)/p-1/t9-/m1/s1. The van der Waals surface area contributed by atoms with Gasteiger partial charge in [-0.3, -0.25) is 0 Å². The van der Waals surface area contributed by atoms with Gasteiger partial charge in [0.25, 0.3) is 0 Å². The molecular weight excluding hydrogens is 208 g/mol. The predicted octanol–water partition coefficient (Wildman–Crippen LogP) is 2.04. The van der Waals surface area contributed by atoms with Gasteiger partial charge < -0.3 is 9.90 Å². The van der Waals surface area contributed by atoms with Gasteiger partial charge in [0.15, 0.2) is 0 Å². The Labute approximate surface area is 94.7 Å². The number of carbonyl (C=O) groups excluding carboxylic acids is 1. The zero-order chi connectivity index (χ0) is 11.4. The minimum absolute atomic E-state index is 0.536. The summed E-state index contributed by atoms with van der Waals surface area (Å²) in [5.74, 6) is -1.57. The van der Waals surface area contributed by atoms with Gasteiger partial charge in [-0.15, -0.1) is 11.8 Å². The first-order valence-corrected chi connectivity index (χ1v) is 5.86. The first-order valence-electron chi connectivity index (χ1n) is 4.98. The number of aliphatic carboxylic acids is 1. The highest BCUT2D eigenvalue weighted by molar-refractivity contribution is 7.99. The van der Waals surface area contributed by atoms with E-state index in [-0.39, 0.29) is 0 Å². The summed E-state index contributed by atoms with van der Waals surface area (Å²) in [6.45, 7) is 5.89. The molecule has 0 amide bonds. The van der Waals surface area contributed by atoms with Crippen LogP contribution in [0.3, 0.4) is 0 Å². The Morgan fingerprint density at radius 3 is 2.13 bits per heavy atom. The fraction of sp³-hybridized carbons (Fsp3) is 0.417. The zero-order valence-electron chi connectivity index (χ0n) is 9.19. The van der Waals surface area contributed by atoms with Crippen LogP contribution in [0.15, 0.2) is 29.2 Å². The van der Waals surface area contributed by atoms with Gasteiger partial charge in [0.1, 0.15) is 0 Å². The van der Waals surface area contributed by atoms with Crippen LogP contribution in [0.4, 0.5) is 0 Å². The molecule has 0 spiro atoms. The summed E-state index contributed by atoms with van der Waals surface area (Å²) in [4.78, 5) is 11.8. The Balaban J connectivity index is 2.76. The predicted molar refractivity (Wildman–Crippen MR) is 60.9 cm³/mol. The average Bonchev–Trinajstić information content (AvgIpc) is 2.17. The minimum Gasteiger partial charge on any atom is -0.550 e. The van der Waals surface area contributed by atoms with E-state index in [0.29, 0.717) is 5.25 Å². The van der Waals surface area contributed by atoms with Gasteiger partial charge in [-0.05, 0) is 17.7 Å². The molecule has 0 saturated carbocycles. The van der Waals surface area contributed by atoms with Crippen LogP contribution in [-0.4, -0.2) is 11.2 Å². The van der Waals surface area contributed by atoms with E-state index < -0.39 is 11.9 Å². The van der Waals surface area contributed by atoms with Crippen LogP contribution >= 0.6 is 11.8 Å². The Morgan fingerprint density at radius 1 is 1.20 bits per heavy atom. The van der Waals surface area contributed by atoms with E-state index >= 15 is 0 Å². The van der Waals surface area contributed by atoms with Gasteiger partial charge in [0.05, 0.1) is 0 Å². The van der Waals surface area contributed by atoms with Crippen LogP contribution in [0.25, 0.3) is 0 Å². The van der Waals surface area contributed by atoms with Crippen molar-refractivity contribution < 1.29 is 9.90 Å². The Bertz CT molecular complexity index is 330. The van der Waals surface area contributed by atoms with Gasteiger partial charge in [-0.25, -0.2) is 0 Å². The quantitative estimate of drug-likeness (QED) is 0.733. The molecule has 1 atom stereocenters. The van der Waals surface area contributed by atoms with E-state index in [1.165, 1.54) is 4.90 Å². The lowest BCUT2D eigenvalue weighted by molar-refractivity contribution is -0.307. The molecule has 1 aromatic carbocycles. The summed E-state index contributed by atoms with van der Waals surface area (Å²) in [5.41, 5.74) is 0.795. The third-order valence-corrected chi connectivity index (χ3v) is 3.12. The van der Waals surface area contributed by atoms with Crippen LogP contribution in [0.2, 0.25) is 0 Å². The van der Waals surface area contributed by atoms with Crippen molar-refractivity contribution in [2.45, 2.75) is 36.8 Å². The van der Waals surface area contributed by atoms with Crippen LogP contribution < -0.4 is 5.11 Å². The first kappa shape index (κ1) is 12.1. The Hall–Kier alpha value is -0.960. The van der Waals surface area contributed by atoms with Crippen molar-refractivity contribution in [3.63, 3.8) is 0 Å². The normalized spacial score (nSPS) is 12.8. The van der Waals surface area contributed by atoms with Crippen molar-refractivity contribution in [2.24, 2.45) is 0 Å². The summed E-state index contributed by atoms with van der Waals surface area (Å²) in [6.07, 6.45) is 0. The fourth-order valence-electron chi connectivity index (χ4n) is 1.24. The molecule has 0 fully saturated rings. The molecule has 0 radical (unpaired) electrons. The molecule has 0 aromatic heterocycles. The lowest BCUT2D eigenvalue weighted by atomic mass is 10.0. The molecule has 1 aromatic rings. The number of carbonyl (C=O) groups is 1. The number of hydrogen-bond donors (Lipinski definition) is 0. The van der Waals surface area contributed by atoms with E-state index in [4.69, 9.17) is 0 Å². The Morgan fingerprint density at radius 2 is 1.73 bits per heavy atom. The van der Waals surface area contributed by atoms with Gasteiger partial charge in [-0.2, -0.15) is 0 Å². The lowest BCUT2D eigenvalue weighted by Crippen LogP contribution is -2.27. The summed E-state index contributed by atoms with van der Waals surface area (Å²) in [5, 5.41) is 11.2. The Kier molecular flexibility index (Phi) is 4.21. The van der Waals surface area contributed by atoms with E-state index in [2.05, 4.69) is 13.8 Å². The molecular formula is C12H15O2S-. The molecule has 0 saturated heterocycles. The number of thioether (sulfide) groups is 1. The van der Waals surface area contributed by atoms with E-state index in [9.17, 15) is 9.90 Å². The van der Waals surface area contributed by atoms with Gasteiger partial charge in [0.2, 0.25) is 0 Å².